The molecule has 1 aromatic carbocycles. The van der Waals surface area contributed by atoms with Crippen molar-refractivity contribution in [2.45, 2.75) is 0 Å². The van der Waals surface area contributed by atoms with E-state index in [4.69, 9.17) is 27.5 Å². The van der Waals surface area contributed by atoms with Crippen molar-refractivity contribution in [3.63, 3.8) is 0 Å². The maximum absolute atomic E-state index is 11.2. The fourth-order valence-corrected chi connectivity index (χ4v) is 1.43. The smallest absolute Gasteiger partial charge is 0.257 e. The molecule has 0 aliphatic rings. The molecule has 0 spiro atoms. The number of ether oxygens (including phenoxy) is 2. The van der Waals surface area contributed by atoms with E-state index in [1.807, 2.05) is 0 Å². The molecule has 0 heterocycles. The predicted molar refractivity (Wildman–Crippen MR) is 57.7 cm³/mol. The van der Waals surface area contributed by atoms with E-state index in [2.05, 4.69) is 5.92 Å². The predicted octanol–water partition coefficient (Wildman–Crippen LogP) is 2.06. The van der Waals surface area contributed by atoms with Crippen LogP contribution in [-0.2, 0) is 0 Å². The van der Waals surface area contributed by atoms with Gasteiger partial charge < -0.3 is 9.47 Å². The van der Waals surface area contributed by atoms with Crippen LogP contribution in [-0.4, -0.2) is 19.5 Å². The Morgan fingerprint density at radius 2 is 2.07 bits per heavy atom. The first-order valence-corrected chi connectivity index (χ1v) is 4.45. The highest BCUT2D eigenvalue weighted by molar-refractivity contribution is 6.68. The van der Waals surface area contributed by atoms with Crippen LogP contribution in [0.3, 0.4) is 0 Å². The Hall–Kier alpha value is -1.66. The summed E-state index contributed by atoms with van der Waals surface area (Å²) in [6.07, 6.45) is 5.25. The van der Waals surface area contributed by atoms with E-state index in [0.717, 1.165) is 0 Å². The summed E-state index contributed by atoms with van der Waals surface area (Å²) in [5.74, 6) is 3.04. The number of methoxy groups -OCH3 is 2. The largest absolute Gasteiger partial charge is 0.493 e. The minimum absolute atomic E-state index is 0.154. The van der Waals surface area contributed by atoms with Gasteiger partial charge in [-0.1, -0.05) is 5.92 Å². The van der Waals surface area contributed by atoms with Crippen LogP contribution in [0.2, 0.25) is 0 Å². The topological polar surface area (TPSA) is 35.5 Å². The van der Waals surface area contributed by atoms with E-state index in [-0.39, 0.29) is 11.3 Å². The maximum atomic E-state index is 11.2. The van der Waals surface area contributed by atoms with Crippen molar-refractivity contribution >= 4 is 16.8 Å². The van der Waals surface area contributed by atoms with Gasteiger partial charge in [0.05, 0.1) is 19.8 Å². The molecule has 1 rings (SSSR count). The summed E-state index contributed by atoms with van der Waals surface area (Å²) in [6.45, 7) is 0. The van der Waals surface area contributed by atoms with Crippen molar-refractivity contribution < 1.29 is 14.3 Å². The van der Waals surface area contributed by atoms with Crippen LogP contribution >= 0.6 is 11.6 Å². The Labute approximate surface area is 92.9 Å². The number of carbonyl (C=O) groups is 1. The summed E-state index contributed by atoms with van der Waals surface area (Å²) in [6, 6.07) is 3.20. The monoisotopic (exact) mass is 224 g/mol. The molecular weight excluding hydrogens is 216 g/mol. The second-order valence-electron chi connectivity index (χ2n) is 2.64. The fourth-order valence-electron chi connectivity index (χ4n) is 1.24. The zero-order valence-electron chi connectivity index (χ0n) is 8.33. The second kappa shape index (κ2) is 4.72. The van der Waals surface area contributed by atoms with Crippen LogP contribution in [0.15, 0.2) is 12.1 Å². The molecule has 0 aliphatic carbocycles. The molecule has 0 aromatic heterocycles. The third kappa shape index (κ3) is 2.05. The Bertz CT molecular complexity index is 432. The Morgan fingerprint density at radius 3 is 2.47 bits per heavy atom. The first kappa shape index (κ1) is 11.4. The summed E-state index contributed by atoms with van der Waals surface area (Å²) in [5, 5.41) is -0.668. The van der Waals surface area contributed by atoms with Crippen LogP contribution in [0.5, 0.6) is 11.5 Å². The first-order chi connectivity index (χ1) is 7.15. The van der Waals surface area contributed by atoms with E-state index in [0.29, 0.717) is 11.3 Å². The van der Waals surface area contributed by atoms with Crippen LogP contribution in [0.25, 0.3) is 0 Å². The van der Waals surface area contributed by atoms with Crippen molar-refractivity contribution in [3.05, 3.63) is 23.3 Å². The van der Waals surface area contributed by atoms with Gasteiger partial charge in [-0.15, -0.1) is 6.42 Å². The van der Waals surface area contributed by atoms with Gasteiger partial charge >= 0.3 is 0 Å². The van der Waals surface area contributed by atoms with Gasteiger partial charge in [0.15, 0.2) is 11.5 Å². The van der Waals surface area contributed by atoms with Crippen molar-refractivity contribution in [2.75, 3.05) is 14.2 Å². The van der Waals surface area contributed by atoms with Gasteiger partial charge in [-0.25, -0.2) is 0 Å². The van der Waals surface area contributed by atoms with E-state index < -0.39 is 5.24 Å². The van der Waals surface area contributed by atoms with Crippen molar-refractivity contribution in [1.82, 2.24) is 0 Å². The molecule has 0 radical (unpaired) electrons. The normalized spacial score (nSPS) is 9.20. The lowest BCUT2D eigenvalue weighted by Gasteiger charge is -2.11. The molecule has 15 heavy (non-hydrogen) atoms. The molecule has 0 atom stereocenters. The maximum Gasteiger partial charge on any atom is 0.257 e. The van der Waals surface area contributed by atoms with Gasteiger partial charge in [0, 0.05) is 5.56 Å². The molecule has 78 valence electrons. The lowest BCUT2D eigenvalue weighted by molar-refractivity contribution is 0.107. The molecule has 0 saturated carbocycles. The van der Waals surface area contributed by atoms with Crippen molar-refractivity contribution in [3.8, 4) is 23.8 Å². The van der Waals surface area contributed by atoms with Gasteiger partial charge in [0.2, 0.25) is 0 Å². The number of hydrogen-bond donors (Lipinski definition) is 0. The zero-order chi connectivity index (χ0) is 11.4. The summed E-state index contributed by atoms with van der Waals surface area (Å²) in [5.41, 5.74) is 0.536. The van der Waals surface area contributed by atoms with E-state index in [1.165, 1.54) is 14.2 Å². The van der Waals surface area contributed by atoms with Gasteiger partial charge in [0.1, 0.15) is 0 Å². The third-order valence-electron chi connectivity index (χ3n) is 1.90. The molecule has 0 unspecified atom stereocenters. The number of carbonyl (C=O) groups excluding carboxylic acids is 1. The molecule has 0 aliphatic heterocycles. The van der Waals surface area contributed by atoms with Crippen molar-refractivity contribution in [1.29, 1.82) is 0 Å². The minimum atomic E-state index is -0.668. The van der Waals surface area contributed by atoms with Gasteiger partial charge in [0.25, 0.3) is 5.24 Å². The highest BCUT2D eigenvalue weighted by Gasteiger charge is 2.18. The fraction of sp³-hybridized carbons (Fsp3) is 0.182. The third-order valence-corrected chi connectivity index (χ3v) is 2.09. The molecule has 0 saturated heterocycles. The molecule has 1 aromatic rings. The summed E-state index contributed by atoms with van der Waals surface area (Å²) in [4.78, 5) is 11.2. The lowest BCUT2D eigenvalue weighted by atomic mass is 10.1. The van der Waals surface area contributed by atoms with Gasteiger partial charge in [-0.2, -0.15) is 0 Å². The average molecular weight is 225 g/mol. The summed E-state index contributed by atoms with van der Waals surface area (Å²) < 4.78 is 10.1. The summed E-state index contributed by atoms with van der Waals surface area (Å²) >= 11 is 5.43. The quantitative estimate of drug-likeness (QED) is 0.583. The molecule has 0 bridgehead atoms. The Morgan fingerprint density at radius 1 is 1.40 bits per heavy atom. The lowest BCUT2D eigenvalue weighted by Crippen LogP contribution is -2.01. The molecule has 3 nitrogen and oxygen atoms in total. The van der Waals surface area contributed by atoms with Crippen LogP contribution < -0.4 is 9.47 Å². The highest BCUT2D eigenvalue weighted by atomic mass is 35.5. The minimum Gasteiger partial charge on any atom is -0.493 e. The standard InChI is InChI=1S/C11H9ClO3/c1-4-7-5-6-8(14-2)10(15-3)9(7)11(12)13/h1,5-6H,2-3H3. The number of benzene rings is 1. The van der Waals surface area contributed by atoms with Crippen LogP contribution in [0.1, 0.15) is 15.9 Å². The Kier molecular flexibility index (Phi) is 3.59. The molecule has 0 fully saturated rings. The van der Waals surface area contributed by atoms with E-state index in [1.54, 1.807) is 12.1 Å². The molecular formula is C11H9ClO3. The second-order valence-corrected chi connectivity index (χ2v) is 2.98. The summed E-state index contributed by atoms with van der Waals surface area (Å²) in [7, 11) is 2.89. The SMILES string of the molecule is C#Cc1ccc(OC)c(OC)c1C(=O)Cl. The van der Waals surface area contributed by atoms with Gasteiger partial charge in [-0.05, 0) is 23.7 Å². The van der Waals surface area contributed by atoms with E-state index in [9.17, 15) is 4.79 Å². The number of hydrogen-bond acceptors (Lipinski definition) is 3. The molecule has 0 amide bonds. The van der Waals surface area contributed by atoms with E-state index >= 15 is 0 Å². The zero-order valence-corrected chi connectivity index (χ0v) is 9.09. The molecule has 4 heteroatoms. The Balaban J connectivity index is 3.53. The van der Waals surface area contributed by atoms with Gasteiger partial charge in [-0.3, -0.25) is 4.79 Å². The first-order valence-electron chi connectivity index (χ1n) is 4.07. The number of halogens is 1. The molecule has 0 N–H and O–H groups in total. The number of terminal acetylenes is 1. The average Bonchev–Trinajstić information content (AvgIpc) is 2.26. The number of rotatable bonds is 3. The highest BCUT2D eigenvalue weighted by Crippen LogP contribution is 2.34. The van der Waals surface area contributed by atoms with Crippen LogP contribution in [0, 0.1) is 12.3 Å². The van der Waals surface area contributed by atoms with Crippen molar-refractivity contribution in [2.24, 2.45) is 0 Å². The van der Waals surface area contributed by atoms with Crippen LogP contribution in [0.4, 0.5) is 0 Å².